The number of carbonyl (C=O) groups excluding carboxylic acids is 1. The smallest absolute Gasteiger partial charge is 0.411 e. The number of nitrogens with one attached hydrogen (secondary N) is 1. The Hall–Kier alpha value is -2.77. The van der Waals surface area contributed by atoms with Crippen molar-refractivity contribution in [3.05, 3.63) is 58.1 Å². The van der Waals surface area contributed by atoms with E-state index in [-0.39, 0.29) is 28.1 Å². The van der Waals surface area contributed by atoms with E-state index in [1.807, 2.05) is 6.92 Å². The highest BCUT2D eigenvalue weighted by atomic mass is 19.3. The summed E-state index contributed by atoms with van der Waals surface area (Å²) >= 11 is 0. The molecule has 28 heavy (non-hydrogen) atoms. The minimum Gasteiger partial charge on any atom is -0.488 e. The van der Waals surface area contributed by atoms with Crippen molar-refractivity contribution in [1.29, 1.82) is 0 Å². The lowest BCUT2D eigenvalue weighted by atomic mass is 10.0. The number of alkyl halides is 4. The Labute approximate surface area is 160 Å². The molecule has 0 heterocycles. The summed E-state index contributed by atoms with van der Waals surface area (Å²) in [5.41, 5.74) is 0.889. The first-order valence-corrected chi connectivity index (χ1v) is 8.57. The molecule has 0 aliphatic carbocycles. The van der Waals surface area contributed by atoms with Gasteiger partial charge in [0.05, 0.1) is 18.4 Å². The molecule has 0 radical (unpaired) electrons. The third kappa shape index (κ3) is 4.94. The van der Waals surface area contributed by atoms with Crippen molar-refractivity contribution in [2.45, 2.75) is 39.7 Å². The van der Waals surface area contributed by atoms with Gasteiger partial charge in [0.15, 0.2) is 0 Å². The molecule has 152 valence electrons. The van der Waals surface area contributed by atoms with Gasteiger partial charge in [-0.25, -0.2) is 22.4 Å². The van der Waals surface area contributed by atoms with Gasteiger partial charge in [-0.2, -0.15) is 0 Å². The van der Waals surface area contributed by atoms with Crippen LogP contribution >= 0.6 is 0 Å². The lowest BCUT2D eigenvalue weighted by Gasteiger charge is -2.18. The van der Waals surface area contributed by atoms with Crippen LogP contribution in [0, 0.1) is 6.92 Å². The summed E-state index contributed by atoms with van der Waals surface area (Å²) in [5, 5.41) is 2.34. The first kappa shape index (κ1) is 21.5. The molecule has 2 rings (SSSR count). The predicted molar refractivity (Wildman–Crippen MR) is 97.3 cm³/mol. The molecule has 1 amide bonds. The number of ether oxygens (including phenoxy) is 2. The molecule has 0 bridgehead atoms. The van der Waals surface area contributed by atoms with Crippen molar-refractivity contribution < 1.29 is 31.8 Å². The molecule has 0 aliphatic rings. The molecule has 0 saturated carbocycles. The van der Waals surface area contributed by atoms with Gasteiger partial charge in [0.1, 0.15) is 12.4 Å². The average molecular weight is 399 g/mol. The van der Waals surface area contributed by atoms with Gasteiger partial charge >= 0.3 is 6.09 Å². The lowest BCUT2D eigenvalue weighted by molar-refractivity contribution is 0.141. The van der Waals surface area contributed by atoms with E-state index in [9.17, 15) is 22.4 Å². The standard InChI is InChI=1S/C20H21F4NO3/c1-4-12-9-14(19(23)24)17(8-11(12)2)28-10-15-13(18(21)22)6-5-7-16(15)25-20(26)27-3/h5-9,18-19H,4,10H2,1-3H3,(H,25,26). The second kappa shape index (κ2) is 9.43. The summed E-state index contributed by atoms with van der Waals surface area (Å²) in [6, 6.07) is 6.77. The number of carbonyl (C=O) groups is 1. The first-order chi connectivity index (χ1) is 13.3. The van der Waals surface area contributed by atoms with E-state index in [1.54, 1.807) is 6.92 Å². The Morgan fingerprint density at radius 3 is 2.36 bits per heavy atom. The third-order valence-corrected chi connectivity index (χ3v) is 4.33. The largest absolute Gasteiger partial charge is 0.488 e. The zero-order chi connectivity index (χ0) is 20.8. The lowest BCUT2D eigenvalue weighted by Crippen LogP contribution is -2.15. The Bertz CT molecular complexity index is 840. The van der Waals surface area contributed by atoms with Gasteiger partial charge in [-0.3, -0.25) is 5.32 Å². The molecule has 8 heteroatoms. The summed E-state index contributed by atoms with van der Waals surface area (Å²) < 4.78 is 63.7. The van der Waals surface area contributed by atoms with Crippen LogP contribution in [0.2, 0.25) is 0 Å². The Balaban J connectivity index is 2.41. The third-order valence-electron chi connectivity index (χ3n) is 4.33. The number of benzene rings is 2. The molecule has 0 saturated heterocycles. The Morgan fingerprint density at radius 1 is 1.11 bits per heavy atom. The molecule has 0 atom stereocenters. The number of rotatable bonds is 7. The van der Waals surface area contributed by atoms with Gasteiger partial charge in [-0.15, -0.1) is 0 Å². The van der Waals surface area contributed by atoms with Crippen LogP contribution in [0.15, 0.2) is 30.3 Å². The summed E-state index contributed by atoms with van der Waals surface area (Å²) in [6.45, 7) is 3.19. The zero-order valence-electron chi connectivity index (χ0n) is 15.7. The predicted octanol–water partition coefficient (Wildman–Crippen LogP) is 6.19. The fourth-order valence-corrected chi connectivity index (χ4v) is 2.82. The van der Waals surface area contributed by atoms with Gasteiger partial charge in [0.25, 0.3) is 12.9 Å². The van der Waals surface area contributed by atoms with E-state index >= 15 is 0 Å². The van der Waals surface area contributed by atoms with E-state index in [2.05, 4.69) is 10.1 Å². The minimum absolute atomic E-state index is 0.0136. The van der Waals surface area contributed by atoms with Gasteiger partial charge in [-0.05, 0) is 42.7 Å². The molecule has 1 N–H and O–H groups in total. The number of hydrogen-bond acceptors (Lipinski definition) is 3. The molecule has 0 spiro atoms. The highest BCUT2D eigenvalue weighted by Crippen LogP contribution is 2.35. The molecule has 0 aliphatic heterocycles. The number of hydrogen-bond donors (Lipinski definition) is 1. The highest BCUT2D eigenvalue weighted by Gasteiger charge is 2.21. The molecular weight excluding hydrogens is 378 g/mol. The van der Waals surface area contributed by atoms with Gasteiger partial charge in [0, 0.05) is 11.1 Å². The quantitative estimate of drug-likeness (QED) is 0.565. The maximum atomic E-state index is 13.4. The maximum Gasteiger partial charge on any atom is 0.411 e. The van der Waals surface area contributed by atoms with Crippen molar-refractivity contribution in [3.8, 4) is 5.75 Å². The van der Waals surface area contributed by atoms with E-state index in [1.165, 1.54) is 30.3 Å². The van der Waals surface area contributed by atoms with E-state index in [0.29, 0.717) is 6.42 Å². The molecule has 0 fully saturated rings. The number of halogens is 4. The Morgan fingerprint density at radius 2 is 1.79 bits per heavy atom. The van der Waals surface area contributed by atoms with Gasteiger partial charge in [0.2, 0.25) is 0 Å². The van der Waals surface area contributed by atoms with E-state index in [0.717, 1.165) is 18.2 Å². The first-order valence-electron chi connectivity index (χ1n) is 8.57. The second-order valence-corrected chi connectivity index (χ2v) is 6.05. The monoisotopic (exact) mass is 399 g/mol. The van der Waals surface area contributed by atoms with Gasteiger partial charge in [-0.1, -0.05) is 19.1 Å². The van der Waals surface area contributed by atoms with E-state index < -0.39 is 25.6 Å². The second-order valence-electron chi connectivity index (χ2n) is 6.05. The molecule has 2 aromatic rings. The van der Waals surface area contributed by atoms with Crippen LogP contribution < -0.4 is 10.1 Å². The molecule has 0 aromatic heterocycles. The SMILES string of the molecule is CCc1cc(C(F)F)c(OCc2c(NC(=O)OC)cccc2C(F)F)cc1C. The number of aryl methyl sites for hydroxylation is 2. The molecular formula is C20H21F4NO3. The van der Waals surface area contributed by atoms with Crippen LogP contribution in [0.3, 0.4) is 0 Å². The summed E-state index contributed by atoms with van der Waals surface area (Å²) in [7, 11) is 1.13. The highest BCUT2D eigenvalue weighted by molar-refractivity contribution is 5.85. The minimum atomic E-state index is -2.84. The van der Waals surface area contributed by atoms with Crippen LogP contribution in [0.5, 0.6) is 5.75 Å². The summed E-state index contributed by atoms with van der Waals surface area (Å²) in [4.78, 5) is 11.5. The van der Waals surface area contributed by atoms with Crippen molar-refractivity contribution in [3.63, 3.8) is 0 Å². The summed E-state index contributed by atoms with van der Waals surface area (Å²) in [5.74, 6) is -0.0854. The van der Waals surface area contributed by atoms with Crippen LogP contribution in [0.1, 0.15) is 47.6 Å². The van der Waals surface area contributed by atoms with Crippen LogP contribution in [0.25, 0.3) is 0 Å². The number of anilines is 1. The van der Waals surface area contributed by atoms with E-state index in [4.69, 9.17) is 4.74 Å². The summed E-state index contributed by atoms with van der Waals surface area (Å²) in [6.07, 6.45) is -5.88. The average Bonchev–Trinajstić information content (AvgIpc) is 2.66. The normalized spacial score (nSPS) is 11.0. The fourth-order valence-electron chi connectivity index (χ4n) is 2.82. The van der Waals surface area contributed by atoms with Crippen molar-refractivity contribution >= 4 is 11.8 Å². The maximum absolute atomic E-state index is 13.4. The zero-order valence-corrected chi connectivity index (χ0v) is 15.7. The number of methoxy groups -OCH3 is 1. The van der Waals surface area contributed by atoms with Crippen LogP contribution in [-0.2, 0) is 17.8 Å². The van der Waals surface area contributed by atoms with Crippen molar-refractivity contribution in [2.75, 3.05) is 12.4 Å². The molecule has 2 aromatic carbocycles. The molecule has 4 nitrogen and oxygen atoms in total. The fraction of sp³-hybridized carbons (Fsp3) is 0.350. The topological polar surface area (TPSA) is 47.6 Å². The Kier molecular flexibility index (Phi) is 7.25. The van der Waals surface area contributed by atoms with Crippen molar-refractivity contribution in [1.82, 2.24) is 0 Å². The van der Waals surface area contributed by atoms with Crippen molar-refractivity contribution in [2.24, 2.45) is 0 Å². The van der Waals surface area contributed by atoms with Crippen LogP contribution in [-0.4, -0.2) is 13.2 Å². The van der Waals surface area contributed by atoms with Gasteiger partial charge < -0.3 is 9.47 Å². The number of amides is 1. The van der Waals surface area contributed by atoms with Crippen LogP contribution in [0.4, 0.5) is 28.0 Å². The molecule has 0 unspecified atom stereocenters.